The number of rotatable bonds is 4. The van der Waals surface area contributed by atoms with E-state index >= 15 is 0 Å². The summed E-state index contributed by atoms with van der Waals surface area (Å²) in [5.74, 6) is 2.60. The van der Waals surface area contributed by atoms with Crippen LogP contribution in [-0.4, -0.2) is 31.3 Å². The summed E-state index contributed by atoms with van der Waals surface area (Å²) in [6.45, 7) is 0. The van der Waals surface area contributed by atoms with E-state index in [1.54, 1.807) is 39.7 Å². The molecule has 0 saturated carbocycles. The third-order valence-corrected chi connectivity index (χ3v) is 3.54. The van der Waals surface area contributed by atoms with Crippen molar-refractivity contribution in [2.24, 2.45) is 0 Å². The first-order valence-corrected chi connectivity index (χ1v) is 6.77. The molecule has 1 heterocycles. The number of nitrogens with zero attached hydrogens (tertiary/aromatic N) is 2. The summed E-state index contributed by atoms with van der Waals surface area (Å²) < 4.78 is 16.7. The lowest BCUT2D eigenvalue weighted by atomic mass is 10.1. The van der Waals surface area contributed by atoms with Crippen molar-refractivity contribution >= 4 is 28.4 Å². The fraction of sp³-hybridized carbons (Fsp3) is 0.231. The molecule has 0 saturated heterocycles. The van der Waals surface area contributed by atoms with Gasteiger partial charge in [0.1, 0.15) is 28.6 Å². The molecule has 1 aromatic carbocycles. The Morgan fingerprint density at radius 2 is 1.65 bits per heavy atom. The van der Waals surface area contributed by atoms with Gasteiger partial charge in [-0.25, -0.2) is 9.97 Å². The predicted octanol–water partition coefficient (Wildman–Crippen LogP) is 2.36. The summed E-state index contributed by atoms with van der Waals surface area (Å²) in [6.07, 6.45) is 1.65. The Morgan fingerprint density at radius 3 is 2.10 bits per heavy atom. The van der Waals surface area contributed by atoms with Crippen molar-refractivity contribution in [2.45, 2.75) is 0 Å². The van der Waals surface area contributed by atoms with E-state index in [4.69, 9.17) is 19.9 Å². The van der Waals surface area contributed by atoms with Crippen LogP contribution >= 0.6 is 22.6 Å². The Morgan fingerprint density at radius 1 is 1.05 bits per heavy atom. The minimum absolute atomic E-state index is 0.413. The second-order valence-corrected chi connectivity index (χ2v) is 5.00. The highest BCUT2D eigenvalue weighted by atomic mass is 127. The van der Waals surface area contributed by atoms with Gasteiger partial charge in [-0.2, -0.15) is 0 Å². The Labute approximate surface area is 130 Å². The average molecular weight is 387 g/mol. The number of methoxy groups -OCH3 is 3. The van der Waals surface area contributed by atoms with E-state index in [2.05, 4.69) is 32.6 Å². The van der Waals surface area contributed by atoms with Gasteiger partial charge in [-0.15, -0.1) is 0 Å². The first-order chi connectivity index (χ1) is 9.60. The van der Waals surface area contributed by atoms with Crippen molar-refractivity contribution in [1.29, 1.82) is 0 Å². The lowest BCUT2D eigenvalue weighted by Gasteiger charge is -2.14. The van der Waals surface area contributed by atoms with Gasteiger partial charge < -0.3 is 19.9 Å². The molecule has 0 atom stereocenters. The number of ether oxygens (including phenoxy) is 3. The maximum atomic E-state index is 5.83. The van der Waals surface area contributed by atoms with Crippen LogP contribution in [0.2, 0.25) is 0 Å². The molecule has 6 nitrogen and oxygen atoms in total. The van der Waals surface area contributed by atoms with Crippen molar-refractivity contribution in [3.63, 3.8) is 0 Å². The van der Waals surface area contributed by atoms with Crippen LogP contribution in [0.25, 0.3) is 11.4 Å². The van der Waals surface area contributed by atoms with Gasteiger partial charge in [-0.3, -0.25) is 0 Å². The van der Waals surface area contributed by atoms with Crippen LogP contribution < -0.4 is 19.9 Å². The smallest absolute Gasteiger partial charge is 0.169 e. The molecular weight excluding hydrogens is 373 g/mol. The van der Waals surface area contributed by atoms with Crippen molar-refractivity contribution < 1.29 is 14.2 Å². The van der Waals surface area contributed by atoms with Crippen LogP contribution in [0.3, 0.4) is 0 Å². The molecule has 0 bridgehead atoms. The fourth-order valence-electron chi connectivity index (χ4n) is 1.73. The highest BCUT2D eigenvalue weighted by Crippen LogP contribution is 2.40. The van der Waals surface area contributed by atoms with E-state index in [9.17, 15) is 0 Å². The number of nitrogens with two attached hydrogens (primary N) is 1. The quantitative estimate of drug-likeness (QED) is 0.812. The van der Waals surface area contributed by atoms with Gasteiger partial charge in [0.05, 0.1) is 24.9 Å². The molecule has 0 aliphatic heterocycles. The number of halogens is 1. The number of anilines is 1. The third-order valence-electron chi connectivity index (χ3n) is 2.71. The summed E-state index contributed by atoms with van der Waals surface area (Å²) in [4.78, 5) is 8.56. The Hall–Kier alpha value is -1.77. The van der Waals surface area contributed by atoms with E-state index in [0.717, 1.165) is 3.57 Å². The molecule has 106 valence electrons. The normalized spacial score (nSPS) is 10.2. The largest absolute Gasteiger partial charge is 0.496 e. The summed E-state index contributed by atoms with van der Waals surface area (Å²) in [6, 6.07) is 3.49. The van der Waals surface area contributed by atoms with Crippen LogP contribution in [0.1, 0.15) is 0 Å². The topological polar surface area (TPSA) is 79.5 Å². The molecule has 2 N–H and O–H groups in total. The third kappa shape index (κ3) is 2.72. The van der Waals surface area contributed by atoms with E-state index in [-0.39, 0.29) is 0 Å². The maximum Gasteiger partial charge on any atom is 0.169 e. The monoisotopic (exact) mass is 387 g/mol. The van der Waals surface area contributed by atoms with Crippen LogP contribution in [-0.2, 0) is 0 Å². The zero-order chi connectivity index (χ0) is 14.7. The van der Waals surface area contributed by atoms with Gasteiger partial charge in [0.25, 0.3) is 0 Å². The standard InChI is InChI=1S/C13H14IN3O3/c1-18-7-4-9(19-2)11(10(5-7)20-3)13-16-6-8(14)12(15)17-13/h4-6H,1-3H3,(H2,15,16,17). The lowest BCUT2D eigenvalue weighted by molar-refractivity contribution is 0.377. The number of hydrogen-bond donors (Lipinski definition) is 1. The van der Waals surface area contributed by atoms with Crippen molar-refractivity contribution in [2.75, 3.05) is 27.1 Å². The second-order valence-electron chi connectivity index (χ2n) is 3.83. The van der Waals surface area contributed by atoms with E-state index in [1.165, 1.54) is 0 Å². The van der Waals surface area contributed by atoms with Crippen LogP contribution in [0, 0.1) is 3.57 Å². The van der Waals surface area contributed by atoms with Gasteiger partial charge >= 0.3 is 0 Å². The summed E-state index contributed by atoms with van der Waals surface area (Å²) in [7, 11) is 4.70. The van der Waals surface area contributed by atoms with E-state index in [1.807, 2.05) is 0 Å². The first-order valence-electron chi connectivity index (χ1n) is 5.69. The second kappa shape index (κ2) is 6.12. The molecule has 2 rings (SSSR count). The highest BCUT2D eigenvalue weighted by molar-refractivity contribution is 14.1. The summed E-state index contributed by atoms with van der Waals surface area (Å²) in [5, 5.41) is 0. The van der Waals surface area contributed by atoms with Gasteiger partial charge in [0, 0.05) is 18.3 Å². The van der Waals surface area contributed by atoms with Gasteiger partial charge in [-0.05, 0) is 22.6 Å². The molecule has 0 spiro atoms. The minimum atomic E-state index is 0.413. The van der Waals surface area contributed by atoms with Crippen molar-refractivity contribution in [3.05, 3.63) is 21.9 Å². The molecule has 2 aromatic rings. The molecule has 0 unspecified atom stereocenters. The first kappa shape index (κ1) is 14.6. The van der Waals surface area contributed by atoms with Crippen LogP contribution in [0.15, 0.2) is 18.3 Å². The molecular formula is C13H14IN3O3. The molecule has 1 aromatic heterocycles. The van der Waals surface area contributed by atoms with Crippen molar-refractivity contribution in [1.82, 2.24) is 9.97 Å². The molecule has 0 fully saturated rings. The number of hydrogen-bond acceptors (Lipinski definition) is 6. The van der Waals surface area contributed by atoms with Gasteiger partial charge in [0.2, 0.25) is 0 Å². The van der Waals surface area contributed by atoms with Crippen molar-refractivity contribution in [3.8, 4) is 28.6 Å². The maximum absolute atomic E-state index is 5.83. The molecule has 7 heteroatoms. The van der Waals surface area contributed by atoms with Crippen LogP contribution in [0.4, 0.5) is 5.82 Å². The summed E-state index contributed by atoms with van der Waals surface area (Å²) >= 11 is 2.08. The van der Waals surface area contributed by atoms with Gasteiger partial charge in [-0.1, -0.05) is 0 Å². The lowest BCUT2D eigenvalue weighted by Crippen LogP contribution is -2.01. The molecule has 0 aliphatic rings. The molecule has 0 radical (unpaired) electrons. The van der Waals surface area contributed by atoms with Crippen LogP contribution in [0.5, 0.6) is 17.2 Å². The van der Waals surface area contributed by atoms with E-state index < -0.39 is 0 Å². The summed E-state index contributed by atoms with van der Waals surface area (Å²) in [5.41, 5.74) is 6.47. The Balaban J connectivity index is 2.67. The van der Waals surface area contributed by atoms with E-state index in [0.29, 0.717) is 34.5 Å². The number of nitrogen functional groups attached to an aromatic ring is 1. The van der Waals surface area contributed by atoms with Gasteiger partial charge in [0.15, 0.2) is 5.82 Å². The number of benzene rings is 1. The Bertz CT molecular complexity index is 609. The zero-order valence-corrected chi connectivity index (χ0v) is 13.5. The number of aromatic nitrogens is 2. The minimum Gasteiger partial charge on any atom is -0.496 e. The predicted molar refractivity (Wildman–Crippen MR) is 84.3 cm³/mol. The molecule has 0 amide bonds. The zero-order valence-electron chi connectivity index (χ0n) is 11.3. The molecule has 20 heavy (non-hydrogen) atoms. The average Bonchev–Trinajstić information content (AvgIpc) is 2.48. The fourth-order valence-corrected chi connectivity index (χ4v) is 1.99. The SMILES string of the molecule is COc1cc(OC)c(-c2ncc(I)c(N)n2)c(OC)c1. The molecule has 0 aliphatic carbocycles. The Kier molecular flexibility index (Phi) is 4.48. The highest BCUT2D eigenvalue weighted by Gasteiger charge is 2.18.